The lowest BCUT2D eigenvalue weighted by Gasteiger charge is -2.25. The van der Waals surface area contributed by atoms with Gasteiger partial charge in [0.15, 0.2) is 4.80 Å². The Bertz CT molecular complexity index is 1850. The number of esters is 1. The number of aromatic nitrogens is 1. The highest BCUT2D eigenvalue weighted by Gasteiger charge is 2.34. The van der Waals surface area contributed by atoms with E-state index in [9.17, 15) is 14.0 Å². The zero-order valence-corrected chi connectivity index (χ0v) is 24.9. The highest BCUT2D eigenvalue weighted by Crippen LogP contribution is 2.35. The second-order valence-electron chi connectivity index (χ2n) is 9.11. The maximum Gasteiger partial charge on any atom is 0.338 e. The zero-order valence-electron chi connectivity index (χ0n) is 22.5. The number of carbonyl (C=O) groups is 1. The molecule has 1 aliphatic heterocycles. The zero-order chi connectivity index (χ0) is 29.1. The van der Waals surface area contributed by atoms with Gasteiger partial charge in [0.05, 0.1) is 34.0 Å². The fourth-order valence-electron chi connectivity index (χ4n) is 4.62. The normalized spacial score (nSPS) is 14.9. The molecule has 0 saturated carbocycles. The number of benzene rings is 3. The summed E-state index contributed by atoms with van der Waals surface area (Å²) in [5, 5.41) is 0. The van der Waals surface area contributed by atoms with E-state index in [-0.39, 0.29) is 30.2 Å². The van der Waals surface area contributed by atoms with E-state index < -0.39 is 12.0 Å². The summed E-state index contributed by atoms with van der Waals surface area (Å²) in [6.07, 6.45) is 1.76. The minimum atomic E-state index is -0.774. The Hall–Kier alpha value is -4.02. The number of fused-ring (bicyclic) bond motifs is 1. The Morgan fingerprint density at radius 3 is 2.61 bits per heavy atom. The topological polar surface area (TPSA) is 79.1 Å². The molecule has 2 heterocycles. The van der Waals surface area contributed by atoms with Crippen LogP contribution in [0.3, 0.4) is 0 Å². The van der Waals surface area contributed by atoms with Gasteiger partial charge in [-0.1, -0.05) is 53.8 Å². The van der Waals surface area contributed by atoms with Crippen molar-refractivity contribution in [3.63, 3.8) is 0 Å². The lowest BCUT2D eigenvalue weighted by molar-refractivity contribution is -0.139. The third kappa shape index (κ3) is 5.75. The average molecular weight is 638 g/mol. The summed E-state index contributed by atoms with van der Waals surface area (Å²) in [6.45, 7) is 3.74. The Morgan fingerprint density at radius 1 is 1.12 bits per heavy atom. The summed E-state index contributed by atoms with van der Waals surface area (Å²) in [7, 11) is 1.55. The van der Waals surface area contributed by atoms with Crippen molar-refractivity contribution in [3.8, 4) is 11.5 Å². The van der Waals surface area contributed by atoms with Gasteiger partial charge in [-0.3, -0.25) is 9.36 Å². The molecular formula is C31H26BrFN2O5S. The van der Waals surface area contributed by atoms with E-state index >= 15 is 0 Å². The van der Waals surface area contributed by atoms with Crippen molar-refractivity contribution in [3.05, 3.63) is 125 Å². The maximum atomic E-state index is 14.0. The second-order valence-corrected chi connectivity index (χ2v) is 11.0. The second kappa shape index (κ2) is 12.2. The Labute approximate surface area is 248 Å². The third-order valence-electron chi connectivity index (χ3n) is 6.55. The summed E-state index contributed by atoms with van der Waals surface area (Å²) in [6, 6.07) is 18.3. The number of rotatable bonds is 8. The molecule has 0 saturated heterocycles. The lowest BCUT2D eigenvalue weighted by Crippen LogP contribution is -2.40. The first-order chi connectivity index (χ1) is 19.8. The van der Waals surface area contributed by atoms with Crippen LogP contribution in [-0.4, -0.2) is 24.3 Å². The molecule has 0 unspecified atom stereocenters. The van der Waals surface area contributed by atoms with Gasteiger partial charge in [-0.2, -0.15) is 0 Å². The van der Waals surface area contributed by atoms with Crippen LogP contribution in [0.4, 0.5) is 4.39 Å². The SMILES string of the molecule is CCOC(=O)C1=C(C)N=c2s/c(=C\c3ccc(OCc4ccccc4F)c(Br)c3)c(=O)n2[C@H]1c1ccccc1OC. The monoisotopic (exact) mass is 636 g/mol. The van der Waals surface area contributed by atoms with Crippen LogP contribution in [0.2, 0.25) is 0 Å². The van der Waals surface area contributed by atoms with Gasteiger partial charge in [-0.25, -0.2) is 14.2 Å². The highest BCUT2D eigenvalue weighted by atomic mass is 79.9. The van der Waals surface area contributed by atoms with E-state index in [1.807, 2.05) is 30.3 Å². The van der Waals surface area contributed by atoms with Crippen molar-refractivity contribution in [2.75, 3.05) is 13.7 Å². The molecule has 0 spiro atoms. The first kappa shape index (κ1) is 28.5. The standard InChI is InChI=1S/C31H26BrFN2O5S/c1-4-39-30(37)27-18(2)34-31-35(28(27)21-10-6-8-12-24(21)38-3)29(36)26(41-31)16-19-13-14-25(22(32)15-19)40-17-20-9-5-7-11-23(20)33/h5-16,28H,4,17H2,1-3H3/b26-16-/t28-/m0/s1. The van der Waals surface area contributed by atoms with Crippen molar-refractivity contribution >= 4 is 39.3 Å². The van der Waals surface area contributed by atoms with Gasteiger partial charge in [0.1, 0.15) is 30.0 Å². The Morgan fingerprint density at radius 2 is 1.88 bits per heavy atom. The first-order valence-electron chi connectivity index (χ1n) is 12.8. The van der Waals surface area contributed by atoms with Crippen molar-refractivity contribution < 1.29 is 23.4 Å². The smallest absolute Gasteiger partial charge is 0.338 e. The third-order valence-corrected chi connectivity index (χ3v) is 8.15. The van der Waals surface area contributed by atoms with Crippen molar-refractivity contribution in [1.29, 1.82) is 0 Å². The van der Waals surface area contributed by atoms with Crippen LogP contribution in [0.5, 0.6) is 11.5 Å². The number of hydrogen-bond donors (Lipinski definition) is 0. The molecule has 0 N–H and O–H groups in total. The van der Waals surface area contributed by atoms with E-state index in [0.717, 1.165) is 5.56 Å². The molecule has 0 radical (unpaired) electrons. The highest BCUT2D eigenvalue weighted by molar-refractivity contribution is 9.10. The van der Waals surface area contributed by atoms with Crippen molar-refractivity contribution in [1.82, 2.24) is 4.57 Å². The lowest BCUT2D eigenvalue weighted by atomic mass is 9.95. The van der Waals surface area contributed by atoms with Crippen LogP contribution in [-0.2, 0) is 16.1 Å². The summed E-state index contributed by atoms with van der Waals surface area (Å²) in [5.74, 6) is 0.216. The van der Waals surface area contributed by atoms with Crippen LogP contribution in [0.1, 0.15) is 36.6 Å². The van der Waals surface area contributed by atoms with Gasteiger partial charge in [-0.05, 0) is 65.7 Å². The van der Waals surface area contributed by atoms with E-state index in [4.69, 9.17) is 14.2 Å². The summed E-state index contributed by atoms with van der Waals surface area (Å²) in [5.41, 5.74) is 2.32. The number of nitrogens with zero attached hydrogens (tertiary/aromatic N) is 2. The van der Waals surface area contributed by atoms with Crippen LogP contribution in [0.15, 0.2) is 92.3 Å². The van der Waals surface area contributed by atoms with Gasteiger partial charge in [0.2, 0.25) is 0 Å². The number of carbonyl (C=O) groups excluding carboxylic acids is 1. The first-order valence-corrected chi connectivity index (χ1v) is 14.4. The van der Waals surface area contributed by atoms with Gasteiger partial charge in [0, 0.05) is 11.1 Å². The predicted octanol–water partition coefficient (Wildman–Crippen LogP) is 5.29. The fraction of sp³-hybridized carbons (Fsp3) is 0.194. The van der Waals surface area contributed by atoms with Crippen LogP contribution in [0.25, 0.3) is 6.08 Å². The van der Waals surface area contributed by atoms with Gasteiger partial charge in [-0.15, -0.1) is 0 Å². The molecule has 1 aromatic heterocycles. The van der Waals surface area contributed by atoms with Crippen molar-refractivity contribution in [2.24, 2.45) is 4.99 Å². The van der Waals surface area contributed by atoms with E-state index in [1.165, 1.54) is 22.0 Å². The molecule has 41 heavy (non-hydrogen) atoms. The summed E-state index contributed by atoms with van der Waals surface area (Å²) >= 11 is 4.75. The number of thiazole rings is 1. The number of hydrogen-bond acceptors (Lipinski definition) is 7. The van der Waals surface area contributed by atoms with Gasteiger partial charge in [0.25, 0.3) is 5.56 Å². The van der Waals surface area contributed by atoms with Gasteiger partial charge >= 0.3 is 5.97 Å². The van der Waals surface area contributed by atoms with Gasteiger partial charge < -0.3 is 14.2 Å². The van der Waals surface area contributed by atoms with Crippen molar-refractivity contribution in [2.45, 2.75) is 26.5 Å². The minimum Gasteiger partial charge on any atom is -0.496 e. The molecule has 3 aromatic carbocycles. The van der Waals surface area contributed by atoms with Crippen LogP contribution in [0, 0.1) is 5.82 Å². The van der Waals surface area contributed by atoms with E-state index in [2.05, 4.69) is 20.9 Å². The average Bonchev–Trinajstić information content (AvgIpc) is 3.26. The molecule has 7 nitrogen and oxygen atoms in total. The number of methoxy groups -OCH3 is 1. The molecule has 1 atom stereocenters. The van der Waals surface area contributed by atoms with Crippen LogP contribution < -0.4 is 24.4 Å². The molecule has 10 heteroatoms. The summed E-state index contributed by atoms with van der Waals surface area (Å²) in [4.78, 5) is 32.1. The molecule has 0 aliphatic carbocycles. The minimum absolute atomic E-state index is 0.0777. The number of para-hydroxylation sites is 1. The quantitative estimate of drug-likeness (QED) is 0.246. The largest absolute Gasteiger partial charge is 0.496 e. The number of halogens is 2. The molecule has 0 amide bonds. The number of ether oxygens (including phenoxy) is 3. The molecule has 4 aromatic rings. The summed E-state index contributed by atoms with van der Waals surface area (Å²) < 4.78 is 33.4. The van der Waals surface area contributed by atoms with E-state index in [1.54, 1.807) is 57.4 Å². The predicted molar refractivity (Wildman–Crippen MR) is 158 cm³/mol. The molecular weight excluding hydrogens is 611 g/mol. The molecule has 0 fully saturated rings. The molecule has 210 valence electrons. The van der Waals surface area contributed by atoms with E-state index in [0.29, 0.717) is 42.1 Å². The Kier molecular flexibility index (Phi) is 8.51. The molecule has 5 rings (SSSR count). The molecule has 0 bridgehead atoms. The molecule has 1 aliphatic rings. The maximum absolute atomic E-state index is 14.0. The van der Waals surface area contributed by atoms with Crippen LogP contribution >= 0.6 is 27.3 Å². The Balaban J connectivity index is 1.55. The fourth-order valence-corrected chi connectivity index (χ4v) is 6.18. The number of allylic oxidation sites excluding steroid dienone is 1.